The number of nitrogens with zero attached hydrogens (tertiary/aromatic N) is 1. The summed E-state index contributed by atoms with van der Waals surface area (Å²) in [6, 6.07) is 4.60. The Morgan fingerprint density at radius 3 is 2.60 bits per heavy atom. The zero-order valence-corrected chi connectivity index (χ0v) is 10.1. The van der Waals surface area contributed by atoms with Gasteiger partial charge < -0.3 is 10.0 Å². The highest BCUT2D eigenvalue weighted by Crippen LogP contribution is 2.30. The number of carbonyl (C=O) groups is 2. The lowest BCUT2D eigenvalue weighted by atomic mass is 10.1. The number of carboxylic acid groups (broad SMARTS) is 1. The second kappa shape index (κ2) is 4.99. The molecule has 20 heavy (non-hydrogen) atoms. The van der Waals surface area contributed by atoms with Crippen molar-refractivity contribution in [2.45, 2.75) is 12.7 Å². The van der Waals surface area contributed by atoms with E-state index in [0.29, 0.717) is 5.56 Å². The van der Waals surface area contributed by atoms with Gasteiger partial charge >= 0.3 is 12.1 Å². The molecule has 1 aromatic carbocycles. The molecule has 1 aliphatic rings. The van der Waals surface area contributed by atoms with Crippen LogP contribution in [0.2, 0.25) is 0 Å². The number of benzene rings is 1. The van der Waals surface area contributed by atoms with E-state index in [0.717, 1.165) is 18.2 Å². The summed E-state index contributed by atoms with van der Waals surface area (Å²) >= 11 is 0. The van der Waals surface area contributed by atoms with Crippen LogP contribution in [-0.4, -0.2) is 28.4 Å². The van der Waals surface area contributed by atoms with Gasteiger partial charge in [0.15, 0.2) is 0 Å². The van der Waals surface area contributed by atoms with E-state index >= 15 is 0 Å². The highest BCUT2D eigenvalue weighted by atomic mass is 19.4. The molecule has 0 bridgehead atoms. The van der Waals surface area contributed by atoms with Gasteiger partial charge in [0.25, 0.3) is 0 Å². The molecule has 0 atom stereocenters. The summed E-state index contributed by atoms with van der Waals surface area (Å²) in [5.74, 6) is -1.72. The number of carbonyl (C=O) groups excluding carboxylic acids is 1. The van der Waals surface area contributed by atoms with Crippen molar-refractivity contribution < 1.29 is 27.9 Å². The zero-order valence-electron chi connectivity index (χ0n) is 10.1. The number of rotatable bonds is 3. The van der Waals surface area contributed by atoms with Crippen LogP contribution in [0.15, 0.2) is 35.9 Å². The summed E-state index contributed by atoms with van der Waals surface area (Å²) in [5.41, 5.74) is -0.566. The number of carboxylic acids is 1. The van der Waals surface area contributed by atoms with Crippen LogP contribution < -0.4 is 0 Å². The first-order valence-electron chi connectivity index (χ1n) is 5.66. The standard InChI is InChI=1S/C13H10F3NO3/c14-13(15,16)10-3-1-2-8(4-10)6-17-7-9(12(19)20)5-11(17)18/h1-5H,6-7H2,(H,19,20). The van der Waals surface area contributed by atoms with Gasteiger partial charge in [0.2, 0.25) is 5.91 Å². The van der Waals surface area contributed by atoms with Crippen LogP contribution in [0.1, 0.15) is 11.1 Å². The Hall–Kier alpha value is -2.31. The molecular weight excluding hydrogens is 275 g/mol. The Labute approximate surface area is 112 Å². The summed E-state index contributed by atoms with van der Waals surface area (Å²) in [6.45, 7) is -0.166. The fourth-order valence-corrected chi connectivity index (χ4v) is 1.90. The monoisotopic (exact) mass is 285 g/mol. The van der Waals surface area contributed by atoms with Crippen LogP contribution in [0, 0.1) is 0 Å². The average Bonchev–Trinajstić information content (AvgIpc) is 2.70. The molecule has 0 radical (unpaired) electrons. The third-order valence-electron chi connectivity index (χ3n) is 2.87. The van der Waals surface area contributed by atoms with E-state index in [-0.39, 0.29) is 18.7 Å². The van der Waals surface area contributed by atoms with Crippen LogP contribution in [0.25, 0.3) is 0 Å². The van der Waals surface area contributed by atoms with Crippen molar-refractivity contribution in [3.8, 4) is 0 Å². The lowest BCUT2D eigenvalue weighted by molar-refractivity contribution is -0.137. The molecule has 1 aliphatic heterocycles. The third kappa shape index (κ3) is 2.98. The fraction of sp³-hybridized carbons (Fsp3) is 0.231. The molecule has 106 valence electrons. The van der Waals surface area contributed by atoms with Crippen LogP contribution in [0.3, 0.4) is 0 Å². The van der Waals surface area contributed by atoms with Crippen molar-refractivity contribution in [3.05, 3.63) is 47.0 Å². The number of hydrogen-bond donors (Lipinski definition) is 1. The molecule has 0 fully saturated rings. The van der Waals surface area contributed by atoms with E-state index < -0.39 is 23.6 Å². The predicted molar refractivity (Wildman–Crippen MR) is 62.6 cm³/mol. The van der Waals surface area contributed by atoms with Gasteiger partial charge in [-0.05, 0) is 17.7 Å². The van der Waals surface area contributed by atoms with E-state index in [9.17, 15) is 22.8 Å². The van der Waals surface area contributed by atoms with Gasteiger partial charge in [-0.1, -0.05) is 12.1 Å². The van der Waals surface area contributed by atoms with Crippen molar-refractivity contribution in [3.63, 3.8) is 0 Å². The number of amides is 1. The fourth-order valence-electron chi connectivity index (χ4n) is 1.90. The van der Waals surface area contributed by atoms with Crippen LogP contribution in [0.5, 0.6) is 0 Å². The molecule has 1 N–H and O–H groups in total. The Balaban J connectivity index is 2.13. The topological polar surface area (TPSA) is 57.6 Å². The highest BCUT2D eigenvalue weighted by molar-refractivity contribution is 6.01. The van der Waals surface area contributed by atoms with Crippen LogP contribution in [0.4, 0.5) is 13.2 Å². The van der Waals surface area contributed by atoms with E-state index in [1.54, 1.807) is 0 Å². The minimum Gasteiger partial charge on any atom is -0.478 e. The second-order valence-electron chi connectivity index (χ2n) is 4.37. The van der Waals surface area contributed by atoms with Crippen molar-refractivity contribution in [2.24, 2.45) is 0 Å². The van der Waals surface area contributed by atoms with Crippen LogP contribution >= 0.6 is 0 Å². The van der Waals surface area contributed by atoms with E-state index in [4.69, 9.17) is 5.11 Å². The molecule has 0 spiro atoms. The smallest absolute Gasteiger partial charge is 0.416 e. The van der Waals surface area contributed by atoms with Gasteiger partial charge in [0.1, 0.15) is 0 Å². The average molecular weight is 285 g/mol. The number of halogens is 3. The third-order valence-corrected chi connectivity index (χ3v) is 2.87. The largest absolute Gasteiger partial charge is 0.478 e. The summed E-state index contributed by atoms with van der Waals surface area (Å²) in [5, 5.41) is 8.77. The summed E-state index contributed by atoms with van der Waals surface area (Å²) in [4.78, 5) is 23.5. The van der Waals surface area contributed by atoms with E-state index in [1.807, 2.05) is 0 Å². The number of alkyl halides is 3. The Morgan fingerprint density at radius 1 is 1.35 bits per heavy atom. The molecule has 1 heterocycles. The first kappa shape index (κ1) is 14.1. The van der Waals surface area contributed by atoms with E-state index in [1.165, 1.54) is 17.0 Å². The molecule has 0 saturated carbocycles. The van der Waals surface area contributed by atoms with Crippen molar-refractivity contribution in [2.75, 3.05) is 6.54 Å². The predicted octanol–water partition coefficient (Wildman–Crippen LogP) is 2.06. The molecule has 1 amide bonds. The molecular formula is C13H10F3NO3. The van der Waals surface area contributed by atoms with Gasteiger partial charge in [-0.3, -0.25) is 4.79 Å². The molecule has 2 rings (SSSR count). The number of hydrogen-bond acceptors (Lipinski definition) is 2. The molecule has 7 heteroatoms. The highest BCUT2D eigenvalue weighted by Gasteiger charge is 2.31. The van der Waals surface area contributed by atoms with Crippen molar-refractivity contribution >= 4 is 11.9 Å². The maximum absolute atomic E-state index is 12.6. The molecule has 0 unspecified atom stereocenters. The first-order valence-corrected chi connectivity index (χ1v) is 5.66. The molecule has 0 aromatic heterocycles. The summed E-state index contributed by atoms with van der Waals surface area (Å²) in [6.07, 6.45) is -3.47. The van der Waals surface area contributed by atoms with Crippen molar-refractivity contribution in [1.82, 2.24) is 4.90 Å². The second-order valence-corrected chi connectivity index (χ2v) is 4.37. The molecule has 0 aliphatic carbocycles. The van der Waals surface area contributed by atoms with Gasteiger partial charge in [0, 0.05) is 12.6 Å². The minimum atomic E-state index is -4.45. The zero-order chi connectivity index (χ0) is 14.9. The van der Waals surface area contributed by atoms with Gasteiger partial charge in [-0.2, -0.15) is 13.2 Å². The first-order chi connectivity index (χ1) is 9.27. The lowest BCUT2D eigenvalue weighted by Crippen LogP contribution is -2.26. The van der Waals surface area contributed by atoms with Gasteiger partial charge in [-0.15, -0.1) is 0 Å². The quantitative estimate of drug-likeness (QED) is 0.924. The number of aliphatic carboxylic acids is 1. The maximum atomic E-state index is 12.6. The Morgan fingerprint density at radius 2 is 2.05 bits per heavy atom. The molecule has 4 nitrogen and oxygen atoms in total. The summed E-state index contributed by atoms with van der Waals surface area (Å²) < 4.78 is 37.7. The van der Waals surface area contributed by atoms with Crippen LogP contribution in [-0.2, 0) is 22.3 Å². The van der Waals surface area contributed by atoms with Gasteiger partial charge in [0.05, 0.1) is 17.7 Å². The SMILES string of the molecule is O=C(O)C1=CC(=O)N(Cc2cccc(C(F)(F)F)c2)C1. The Kier molecular flexibility index (Phi) is 3.52. The van der Waals surface area contributed by atoms with Gasteiger partial charge in [-0.25, -0.2) is 4.79 Å². The van der Waals surface area contributed by atoms with Crippen molar-refractivity contribution in [1.29, 1.82) is 0 Å². The lowest BCUT2D eigenvalue weighted by Gasteiger charge is -2.17. The minimum absolute atomic E-state index is 0.0595. The molecule has 0 saturated heterocycles. The summed E-state index contributed by atoms with van der Waals surface area (Å²) in [7, 11) is 0. The Bertz CT molecular complexity index is 593. The van der Waals surface area contributed by atoms with E-state index in [2.05, 4.69) is 0 Å². The normalized spacial score (nSPS) is 15.4. The molecule has 1 aromatic rings. The maximum Gasteiger partial charge on any atom is 0.416 e.